The Labute approximate surface area is 106 Å². The standard InChI is InChI=1S/C12H16ClNO3/c1-7(12(15)16)8(2)14-11-6-9(17-3)4-5-10(11)13/h4-8,14H,1-3H3,(H,15,16). The molecule has 0 saturated heterocycles. The van der Waals surface area contributed by atoms with Crippen LogP contribution in [0.4, 0.5) is 5.69 Å². The highest BCUT2D eigenvalue weighted by Gasteiger charge is 2.19. The monoisotopic (exact) mass is 257 g/mol. The van der Waals surface area contributed by atoms with Crippen molar-refractivity contribution < 1.29 is 14.6 Å². The molecule has 0 heterocycles. The van der Waals surface area contributed by atoms with Crippen molar-refractivity contribution in [2.45, 2.75) is 19.9 Å². The van der Waals surface area contributed by atoms with Crippen LogP contribution in [0, 0.1) is 5.92 Å². The summed E-state index contributed by atoms with van der Waals surface area (Å²) in [6.45, 7) is 3.45. The summed E-state index contributed by atoms with van der Waals surface area (Å²) in [6, 6.07) is 4.98. The number of anilines is 1. The molecule has 4 nitrogen and oxygen atoms in total. The van der Waals surface area contributed by atoms with E-state index in [1.165, 1.54) is 0 Å². The van der Waals surface area contributed by atoms with Gasteiger partial charge in [0.2, 0.25) is 0 Å². The normalized spacial score (nSPS) is 13.9. The molecule has 2 unspecified atom stereocenters. The third-order valence-corrected chi connectivity index (χ3v) is 3.03. The number of carbonyl (C=O) groups is 1. The number of methoxy groups -OCH3 is 1. The first-order valence-electron chi connectivity index (χ1n) is 5.28. The summed E-state index contributed by atoms with van der Waals surface area (Å²) < 4.78 is 5.08. The molecular weight excluding hydrogens is 242 g/mol. The Balaban J connectivity index is 2.83. The van der Waals surface area contributed by atoms with Gasteiger partial charge in [-0.25, -0.2) is 0 Å². The van der Waals surface area contributed by atoms with Crippen LogP contribution in [0.2, 0.25) is 5.02 Å². The van der Waals surface area contributed by atoms with E-state index in [-0.39, 0.29) is 6.04 Å². The number of hydrogen-bond donors (Lipinski definition) is 2. The highest BCUT2D eigenvalue weighted by atomic mass is 35.5. The van der Waals surface area contributed by atoms with Crippen LogP contribution in [0.15, 0.2) is 18.2 Å². The summed E-state index contributed by atoms with van der Waals surface area (Å²) >= 11 is 6.02. The number of halogens is 1. The lowest BCUT2D eigenvalue weighted by Crippen LogP contribution is -2.29. The van der Waals surface area contributed by atoms with Gasteiger partial charge in [-0.2, -0.15) is 0 Å². The van der Waals surface area contributed by atoms with Gasteiger partial charge in [0.15, 0.2) is 0 Å². The molecule has 0 aromatic heterocycles. The molecule has 2 atom stereocenters. The van der Waals surface area contributed by atoms with Gasteiger partial charge in [-0.1, -0.05) is 11.6 Å². The number of rotatable bonds is 5. The molecule has 0 aliphatic heterocycles. The minimum atomic E-state index is -0.844. The maximum Gasteiger partial charge on any atom is 0.308 e. The van der Waals surface area contributed by atoms with Crippen LogP contribution in [-0.4, -0.2) is 24.2 Å². The SMILES string of the molecule is COc1ccc(Cl)c(NC(C)C(C)C(=O)O)c1. The Morgan fingerprint density at radius 1 is 1.47 bits per heavy atom. The molecule has 0 bridgehead atoms. The predicted octanol–water partition coefficient (Wildman–Crippen LogP) is 2.87. The average molecular weight is 258 g/mol. The number of benzene rings is 1. The number of carboxylic acids is 1. The lowest BCUT2D eigenvalue weighted by molar-refractivity contribution is -0.141. The van der Waals surface area contributed by atoms with E-state index in [4.69, 9.17) is 21.4 Å². The van der Waals surface area contributed by atoms with Gasteiger partial charge >= 0.3 is 5.97 Å². The molecule has 0 fully saturated rings. The fourth-order valence-electron chi connectivity index (χ4n) is 1.33. The highest BCUT2D eigenvalue weighted by molar-refractivity contribution is 6.33. The second-order valence-corrected chi connectivity index (χ2v) is 4.31. The van der Waals surface area contributed by atoms with E-state index in [1.54, 1.807) is 39.2 Å². The van der Waals surface area contributed by atoms with Crippen molar-refractivity contribution >= 4 is 23.3 Å². The highest BCUT2D eigenvalue weighted by Crippen LogP contribution is 2.28. The Morgan fingerprint density at radius 3 is 2.65 bits per heavy atom. The lowest BCUT2D eigenvalue weighted by Gasteiger charge is -2.20. The van der Waals surface area contributed by atoms with Crippen LogP contribution in [0.25, 0.3) is 0 Å². The molecule has 2 N–H and O–H groups in total. The second kappa shape index (κ2) is 5.77. The average Bonchev–Trinajstić information content (AvgIpc) is 2.30. The predicted molar refractivity (Wildman–Crippen MR) is 67.9 cm³/mol. The van der Waals surface area contributed by atoms with Crippen molar-refractivity contribution in [3.8, 4) is 5.75 Å². The Bertz CT molecular complexity index is 409. The van der Waals surface area contributed by atoms with Crippen molar-refractivity contribution in [1.82, 2.24) is 0 Å². The van der Waals surface area contributed by atoms with E-state index >= 15 is 0 Å². The van der Waals surface area contributed by atoms with Gasteiger partial charge in [-0.3, -0.25) is 4.79 Å². The first-order valence-corrected chi connectivity index (χ1v) is 5.66. The quantitative estimate of drug-likeness (QED) is 0.852. The van der Waals surface area contributed by atoms with Gasteiger partial charge in [0.25, 0.3) is 0 Å². The summed E-state index contributed by atoms with van der Waals surface area (Å²) in [5.74, 6) is -0.673. The number of ether oxygens (including phenoxy) is 1. The fraction of sp³-hybridized carbons (Fsp3) is 0.417. The smallest absolute Gasteiger partial charge is 0.308 e. The van der Waals surface area contributed by atoms with Crippen LogP contribution >= 0.6 is 11.6 Å². The van der Waals surface area contributed by atoms with Crippen molar-refractivity contribution in [1.29, 1.82) is 0 Å². The van der Waals surface area contributed by atoms with Crippen molar-refractivity contribution in [3.63, 3.8) is 0 Å². The van der Waals surface area contributed by atoms with E-state index in [1.807, 2.05) is 0 Å². The lowest BCUT2D eigenvalue weighted by atomic mass is 10.0. The molecule has 0 spiro atoms. The van der Waals surface area contributed by atoms with Crippen LogP contribution in [0.3, 0.4) is 0 Å². The molecular formula is C12H16ClNO3. The van der Waals surface area contributed by atoms with E-state index in [9.17, 15) is 4.79 Å². The summed E-state index contributed by atoms with van der Waals surface area (Å²) in [6.07, 6.45) is 0. The van der Waals surface area contributed by atoms with Crippen LogP contribution in [0.5, 0.6) is 5.75 Å². The molecule has 0 amide bonds. The van der Waals surface area contributed by atoms with Gasteiger partial charge in [0, 0.05) is 12.1 Å². The zero-order valence-electron chi connectivity index (χ0n) is 10.0. The van der Waals surface area contributed by atoms with E-state index in [2.05, 4.69) is 5.32 Å². The minimum absolute atomic E-state index is 0.225. The fourth-order valence-corrected chi connectivity index (χ4v) is 1.50. The third kappa shape index (κ3) is 3.53. The molecule has 1 aromatic rings. The van der Waals surface area contributed by atoms with Crippen LogP contribution in [0.1, 0.15) is 13.8 Å². The Hall–Kier alpha value is -1.42. The summed E-state index contributed by atoms with van der Waals surface area (Å²) in [5, 5.41) is 12.5. The molecule has 5 heteroatoms. The number of carboxylic acid groups (broad SMARTS) is 1. The summed E-state index contributed by atoms with van der Waals surface area (Å²) in [4.78, 5) is 10.8. The first-order chi connectivity index (χ1) is 7.95. The molecule has 1 rings (SSSR count). The molecule has 0 saturated carbocycles. The third-order valence-electron chi connectivity index (χ3n) is 2.70. The summed E-state index contributed by atoms with van der Waals surface area (Å²) in [7, 11) is 1.57. The van der Waals surface area contributed by atoms with Crippen LogP contribution < -0.4 is 10.1 Å². The molecule has 94 valence electrons. The topological polar surface area (TPSA) is 58.6 Å². The number of nitrogens with one attached hydrogen (secondary N) is 1. The van der Waals surface area contributed by atoms with Crippen molar-refractivity contribution in [2.24, 2.45) is 5.92 Å². The maximum absolute atomic E-state index is 10.8. The van der Waals surface area contributed by atoms with Crippen molar-refractivity contribution in [3.05, 3.63) is 23.2 Å². The summed E-state index contributed by atoms with van der Waals surface area (Å²) in [5.41, 5.74) is 0.673. The largest absolute Gasteiger partial charge is 0.497 e. The Morgan fingerprint density at radius 2 is 2.12 bits per heavy atom. The van der Waals surface area contributed by atoms with Gasteiger partial charge in [-0.15, -0.1) is 0 Å². The van der Waals surface area contributed by atoms with Gasteiger partial charge in [0.05, 0.1) is 23.7 Å². The maximum atomic E-state index is 10.8. The molecule has 1 aromatic carbocycles. The molecule has 0 aliphatic carbocycles. The van der Waals surface area contributed by atoms with E-state index in [0.717, 1.165) is 0 Å². The first kappa shape index (κ1) is 13.6. The molecule has 17 heavy (non-hydrogen) atoms. The second-order valence-electron chi connectivity index (χ2n) is 3.91. The number of hydrogen-bond acceptors (Lipinski definition) is 3. The van der Waals surface area contributed by atoms with Gasteiger partial charge in [-0.05, 0) is 26.0 Å². The van der Waals surface area contributed by atoms with Crippen molar-refractivity contribution in [2.75, 3.05) is 12.4 Å². The number of aliphatic carboxylic acids is 1. The Kier molecular flexibility index (Phi) is 4.63. The van der Waals surface area contributed by atoms with Gasteiger partial charge in [0.1, 0.15) is 5.75 Å². The minimum Gasteiger partial charge on any atom is -0.497 e. The molecule has 0 aliphatic rings. The zero-order valence-corrected chi connectivity index (χ0v) is 10.8. The zero-order chi connectivity index (χ0) is 13.0. The van der Waals surface area contributed by atoms with Gasteiger partial charge < -0.3 is 15.2 Å². The van der Waals surface area contributed by atoms with E-state index in [0.29, 0.717) is 16.5 Å². The van der Waals surface area contributed by atoms with Crippen LogP contribution in [-0.2, 0) is 4.79 Å². The van der Waals surface area contributed by atoms with E-state index < -0.39 is 11.9 Å². The molecule has 0 radical (unpaired) electrons.